The first-order valence-electron chi connectivity index (χ1n) is 10.7. The standard InChI is InChI=1S/C22H46O/c1-5-6-7-8-9-10-11-12-13-14-15-16-17-18-19-20-21-23-22(2,3)4/h5-21H2,1-4H3. The van der Waals surface area contributed by atoms with Gasteiger partial charge in [0.05, 0.1) is 5.60 Å². The van der Waals surface area contributed by atoms with Crippen molar-refractivity contribution in [1.29, 1.82) is 0 Å². The molecular weight excluding hydrogens is 280 g/mol. The average molecular weight is 327 g/mol. The van der Waals surface area contributed by atoms with Gasteiger partial charge in [-0.1, -0.05) is 103 Å². The summed E-state index contributed by atoms with van der Waals surface area (Å²) >= 11 is 0. The molecule has 0 atom stereocenters. The van der Waals surface area contributed by atoms with E-state index in [1.807, 2.05) is 0 Å². The molecule has 1 heteroatoms. The van der Waals surface area contributed by atoms with Crippen molar-refractivity contribution >= 4 is 0 Å². The van der Waals surface area contributed by atoms with Gasteiger partial charge in [0, 0.05) is 6.61 Å². The molecule has 0 aliphatic rings. The number of hydrogen-bond donors (Lipinski definition) is 0. The summed E-state index contributed by atoms with van der Waals surface area (Å²) in [7, 11) is 0. The van der Waals surface area contributed by atoms with Gasteiger partial charge in [0.25, 0.3) is 0 Å². The Hall–Kier alpha value is -0.0400. The van der Waals surface area contributed by atoms with Crippen LogP contribution in [0.4, 0.5) is 0 Å². The molecule has 0 N–H and O–H groups in total. The fourth-order valence-corrected chi connectivity index (χ4v) is 3.03. The van der Waals surface area contributed by atoms with Gasteiger partial charge in [0.2, 0.25) is 0 Å². The lowest BCUT2D eigenvalue weighted by Crippen LogP contribution is -2.19. The van der Waals surface area contributed by atoms with Gasteiger partial charge >= 0.3 is 0 Å². The van der Waals surface area contributed by atoms with Crippen LogP contribution in [0.5, 0.6) is 0 Å². The van der Waals surface area contributed by atoms with E-state index in [-0.39, 0.29) is 5.60 Å². The smallest absolute Gasteiger partial charge is 0.0598 e. The summed E-state index contributed by atoms with van der Waals surface area (Å²) in [6, 6.07) is 0. The second-order valence-corrected chi connectivity index (χ2v) is 8.26. The lowest BCUT2D eigenvalue weighted by molar-refractivity contribution is -0.00475. The molecule has 0 bridgehead atoms. The molecule has 0 aliphatic heterocycles. The summed E-state index contributed by atoms with van der Waals surface area (Å²) < 4.78 is 5.75. The van der Waals surface area contributed by atoms with Crippen LogP contribution in [-0.4, -0.2) is 12.2 Å². The molecule has 0 unspecified atom stereocenters. The predicted octanol–water partition coefficient (Wildman–Crippen LogP) is 8.06. The Labute approximate surface area is 148 Å². The first-order valence-corrected chi connectivity index (χ1v) is 10.7. The van der Waals surface area contributed by atoms with Crippen LogP contribution in [0.25, 0.3) is 0 Å². The van der Waals surface area contributed by atoms with Crippen molar-refractivity contribution in [3.05, 3.63) is 0 Å². The van der Waals surface area contributed by atoms with E-state index < -0.39 is 0 Å². The molecule has 0 aliphatic carbocycles. The molecule has 140 valence electrons. The summed E-state index contributed by atoms with van der Waals surface area (Å²) in [6.45, 7) is 9.64. The van der Waals surface area contributed by atoms with Crippen molar-refractivity contribution < 1.29 is 4.74 Å². The van der Waals surface area contributed by atoms with Gasteiger partial charge in [0.15, 0.2) is 0 Å². The molecule has 0 saturated heterocycles. The van der Waals surface area contributed by atoms with Crippen molar-refractivity contribution in [3.8, 4) is 0 Å². The summed E-state index contributed by atoms with van der Waals surface area (Å²) in [5, 5.41) is 0. The van der Waals surface area contributed by atoms with Crippen LogP contribution in [0.2, 0.25) is 0 Å². The van der Waals surface area contributed by atoms with Crippen LogP contribution in [0.3, 0.4) is 0 Å². The Kier molecular flexibility index (Phi) is 16.8. The van der Waals surface area contributed by atoms with Gasteiger partial charge in [-0.15, -0.1) is 0 Å². The van der Waals surface area contributed by atoms with Crippen molar-refractivity contribution in [2.75, 3.05) is 6.61 Å². The van der Waals surface area contributed by atoms with Gasteiger partial charge in [-0.25, -0.2) is 0 Å². The summed E-state index contributed by atoms with van der Waals surface area (Å²) in [5.41, 5.74) is 0.0372. The average Bonchev–Trinajstić information content (AvgIpc) is 2.49. The minimum atomic E-state index is 0.0372. The minimum Gasteiger partial charge on any atom is -0.376 e. The Morgan fingerprint density at radius 2 is 0.783 bits per heavy atom. The maximum Gasteiger partial charge on any atom is 0.0598 e. The number of ether oxygens (including phenoxy) is 1. The molecule has 0 heterocycles. The van der Waals surface area contributed by atoms with Crippen LogP contribution < -0.4 is 0 Å². The molecule has 23 heavy (non-hydrogen) atoms. The molecule has 0 aromatic heterocycles. The Balaban J connectivity index is 3.00. The highest BCUT2D eigenvalue weighted by molar-refractivity contribution is 4.58. The molecular formula is C22H46O. The second kappa shape index (κ2) is 16.8. The molecule has 0 fully saturated rings. The lowest BCUT2D eigenvalue weighted by atomic mass is 10.0. The third-order valence-electron chi connectivity index (χ3n) is 4.53. The highest BCUT2D eigenvalue weighted by Gasteiger charge is 2.08. The zero-order valence-corrected chi connectivity index (χ0v) is 16.9. The third kappa shape index (κ3) is 22.0. The number of rotatable bonds is 17. The van der Waals surface area contributed by atoms with E-state index in [9.17, 15) is 0 Å². The maximum atomic E-state index is 5.75. The Morgan fingerprint density at radius 3 is 1.09 bits per heavy atom. The van der Waals surface area contributed by atoms with E-state index in [0.717, 1.165) is 6.61 Å². The van der Waals surface area contributed by atoms with E-state index in [4.69, 9.17) is 4.74 Å². The number of hydrogen-bond acceptors (Lipinski definition) is 1. The van der Waals surface area contributed by atoms with Crippen LogP contribution in [0, 0.1) is 0 Å². The van der Waals surface area contributed by atoms with E-state index >= 15 is 0 Å². The number of unbranched alkanes of at least 4 members (excludes halogenated alkanes) is 15. The molecule has 1 nitrogen and oxygen atoms in total. The highest BCUT2D eigenvalue weighted by Crippen LogP contribution is 2.14. The minimum absolute atomic E-state index is 0.0372. The van der Waals surface area contributed by atoms with Gasteiger partial charge in [-0.05, 0) is 27.2 Å². The van der Waals surface area contributed by atoms with Gasteiger partial charge in [0.1, 0.15) is 0 Å². The summed E-state index contributed by atoms with van der Waals surface area (Å²) in [4.78, 5) is 0. The topological polar surface area (TPSA) is 9.23 Å². The molecule has 0 aromatic rings. The van der Waals surface area contributed by atoms with Crippen molar-refractivity contribution in [2.24, 2.45) is 0 Å². The molecule has 0 amide bonds. The van der Waals surface area contributed by atoms with Crippen LogP contribution in [0.15, 0.2) is 0 Å². The molecule has 0 rings (SSSR count). The fraction of sp³-hybridized carbons (Fsp3) is 1.00. The van der Waals surface area contributed by atoms with Crippen LogP contribution in [0.1, 0.15) is 130 Å². The molecule has 0 aromatic carbocycles. The monoisotopic (exact) mass is 326 g/mol. The Morgan fingerprint density at radius 1 is 0.478 bits per heavy atom. The third-order valence-corrected chi connectivity index (χ3v) is 4.53. The van der Waals surface area contributed by atoms with E-state index in [1.54, 1.807) is 0 Å². The van der Waals surface area contributed by atoms with E-state index in [0.29, 0.717) is 0 Å². The largest absolute Gasteiger partial charge is 0.376 e. The molecule has 0 saturated carbocycles. The summed E-state index contributed by atoms with van der Waals surface area (Å²) in [6.07, 6.45) is 22.8. The fourth-order valence-electron chi connectivity index (χ4n) is 3.03. The van der Waals surface area contributed by atoms with Gasteiger partial charge < -0.3 is 4.74 Å². The quantitative estimate of drug-likeness (QED) is 0.245. The van der Waals surface area contributed by atoms with Crippen molar-refractivity contribution in [2.45, 2.75) is 136 Å². The van der Waals surface area contributed by atoms with Crippen LogP contribution in [-0.2, 0) is 4.74 Å². The normalized spacial score (nSPS) is 12.0. The summed E-state index contributed by atoms with van der Waals surface area (Å²) in [5.74, 6) is 0. The van der Waals surface area contributed by atoms with E-state index in [2.05, 4.69) is 27.7 Å². The van der Waals surface area contributed by atoms with Gasteiger partial charge in [-0.2, -0.15) is 0 Å². The van der Waals surface area contributed by atoms with Crippen molar-refractivity contribution in [1.82, 2.24) is 0 Å². The highest BCUT2D eigenvalue weighted by atomic mass is 16.5. The molecule has 0 radical (unpaired) electrons. The van der Waals surface area contributed by atoms with Crippen molar-refractivity contribution in [3.63, 3.8) is 0 Å². The Bertz CT molecular complexity index is 217. The van der Waals surface area contributed by atoms with E-state index in [1.165, 1.54) is 103 Å². The van der Waals surface area contributed by atoms with Gasteiger partial charge in [-0.3, -0.25) is 0 Å². The predicted molar refractivity (Wildman–Crippen MR) is 105 cm³/mol. The first-order chi connectivity index (χ1) is 11.1. The molecule has 0 spiro atoms. The first kappa shape index (κ1) is 23.0. The maximum absolute atomic E-state index is 5.75. The zero-order chi connectivity index (χ0) is 17.2. The lowest BCUT2D eigenvalue weighted by Gasteiger charge is -2.19. The van der Waals surface area contributed by atoms with Crippen LogP contribution >= 0.6 is 0 Å². The second-order valence-electron chi connectivity index (χ2n) is 8.26. The SMILES string of the molecule is CCCCCCCCCCCCCCCCCCOC(C)(C)C. The zero-order valence-electron chi connectivity index (χ0n) is 16.9.